The Bertz CT molecular complexity index is 1360. The van der Waals surface area contributed by atoms with Crippen LogP contribution in [0.5, 0.6) is 5.75 Å². The first-order chi connectivity index (χ1) is 18.9. The highest BCUT2D eigenvalue weighted by molar-refractivity contribution is 5.69. The molecule has 0 radical (unpaired) electrons. The standard InChI is InChI=1S/C33H36N2O4/c1-4-26-18-20-30(21-19-26)39-25(3)35(23-32(36)37)22-28-16-14-27(15-17-28)10-9-13-31-24(2)38-33(34-31)29-11-7-5-6-8-12-29/h5-8,11,14-21H,3-4,9-10,12-13,22-23H2,1-2H3,(H,36,37). The number of aliphatic carboxylic acids is 1. The first kappa shape index (κ1) is 27.7. The predicted molar refractivity (Wildman–Crippen MR) is 154 cm³/mol. The second-order valence-electron chi connectivity index (χ2n) is 9.64. The maximum Gasteiger partial charge on any atom is 0.323 e. The third-order valence-corrected chi connectivity index (χ3v) is 6.68. The minimum atomic E-state index is -0.938. The summed E-state index contributed by atoms with van der Waals surface area (Å²) in [5, 5.41) is 9.43. The van der Waals surface area contributed by atoms with Crippen LogP contribution in [0.25, 0.3) is 5.57 Å². The van der Waals surface area contributed by atoms with Gasteiger partial charge in [0.2, 0.25) is 5.89 Å². The summed E-state index contributed by atoms with van der Waals surface area (Å²) in [5.41, 5.74) is 5.51. The molecule has 1 heterocycles. The molecule has 0 amide bonds. The van der Waals surface area contributed by atoms with Gasteiger partial charge in [-0.25, -0.2) is 4.98 Å². The normalized spacial score (nSPS) is 12.6. The van der Waals surface area contributed by atoms with E-state index in [1.54, 1.807) is 4.90 Å². The molecule has 1 N–H and O–H groups in total. The number of ether oxygens (including phenoxy) is 1. The molecule has 202 valence electrons. The van der Waals surface area contributed by atoms with Crippen molar-refractivity contribution in [2.75, 3.05) is 6.54 Å². The lowest BCUT2D eigenvalue weighted by molar-refractivity contribution is -0.138. The van der Waals surface area contributed by atoms with E-state index in [1.165, 1.54) is 11.1 Å². The van der Waals surface area contributed by atoms with Gasteiger partial charge in [0.15, 0.2) is 5.88 Å². The lowest BCUT2D eigenvalue weighted by Crippen LogP contribution is -2.30. The van der Waals surface area contributed by atoms with E-state index in [0.717, 1.165) is 54.7 Å². The van der Waals surface area contributed by atoms with Crippen molar-refractivity contribution in [3.05, 3.63) is 125 Å². The predicted octanol–water partition coefficient (Wildman–Crippen LogP) is 7.06. The van der Waals surface area contributed by atoms with Crippen LogP contribution in [0, 0.1) is 6.92 Å². The van der Waals surface area contributed by atoms with Crippen LogP contribution < -0.4 is 4.74 Å². The van der Waals surface area contributed by atoms with Gasteiger partial charge in [-0.05, 0) is 74.4 Å². The highest BCUT2D eigenvalue weighted by Crippen LogP contribution is 2.24. The van der Waals surface area contributed by atoms with Crippen LogP contribution in [0.2, 0.25) is 0 Å². The average Bonchev–Trinajstić information content (AvgIpc) is 3.11. The number of rotatable bonds is 13. The number of oxazole rings is 1. The zero-order chi connectivity index (χ0) is 27.6. The van der Waals surface area contributed by atoms with Crippen molar-refractivity contribution in [2.45, 2.75) is 52.5 Å². The van der Waals surface area contributed by atoms with Crippen LogP contribution >= 0.6 is 0 Å². The molecule has 0 saturated carbocycles. The van der Waals surface area contributed by atoms with Crippen molar-refractivity contribution in [1.82, 2.24) is 9.88 Å². The van der Waals surface area contributed by atoms with Crippen LogP contribution in [-0.2, 0) is 30.6 Å². The fourth-order valence-electron chi connectivity index (χ4n) is 4.41. The summed E-state index contributed by atoms with van der Waals surface area (Å²) in [7, 11) is 0. The second-order valence-corrected chi connectivity index (χ2v) is 9.64. The fraction of sp³-hybridized carbons (Fsp3) is 0.273. The van der Waals surface area contributed by atoms with Crippen molar-refractivity contribution >= 4 is 11.5 Å². The van der Waals surface area contributed by atoms with Gasteiger partial charge < -0.3 is 19.2 Å². The maximum absolute atomic E-state index is 11.5. The Kier molecular flexibility index (Phi) is 9.57. The third-order valence-electron chi connectivity index (χ3n) is 6.68. The van der Waals surface area contributed by atoms with E-state index in [2.05, 4.69) is 37.8 Å². The summed E-state index contributed by atoms with van der Waals surface area (Å²) in [6.45, 7) is 8.25. The summed E-state index contributed by atoms with van der Waals surface area (Å²) in [4.78, 5) is 17.9. The van der Waals surface area contributed by atoms with Crippen molar-refractivity contribution in [3.63, 3.8) is 0 Å². The molecule has 0 saturated heterocycles. The maximum atomic E-state index is 11.5. The van der Waals surface area contributed by atoms with E-state index < -0.39 is 5.97 Å². The highest BCUT2D eigenvalue weighted by Gasteiger charge is 2.15. The third kappa shape index (κ3) is 8.08. The van der Waals surface area contributed by atoms with Crippen LogP contribution in [0.4, 0.5) is 0 Å². The number of carboxylic acid groups (broad SMARTS) is 1. The number of aryl methyl sites for hydroxylation is 4. The van der Waals surface area contributed by atoms with Gasteiger partial charge in [-0.1, -0.05) is 73.7 Å². The SMILES string of the molecule is C=C(Oc1ccc(CC)cc1)N(CC(=O)O)Cc1ccc(CCCc2nc(C3=CC=CC=CC3)oc2C)cc1. The average molecular weight is 525 g/mol. The Morgan fingerprint density at radius 1 is 1.03 bits per heavy atom. The zero-order valence-electron chi connectivity index (χ0n) is 22.7. The first-order valence-corrected chi connectivity index (χ1v) is 13.4. The number of nitrogens with zero attached hydrogens (tertiary/aromatic N) is 2. The van der Waals surface area contributed by atoms with Crippen LogP contribution in [0.15, 0.2) is 95.8 Å². The second kappa shape index (κ2) is 13.5. The summed E-state index contributed by atoms with van der Waals surface area (Å²) in [6.07, 6.45) is 14.7. The Balaban J connectivity index is 1.31. The summed E-state index contributed by atoms with van der Waals surface area (Å²) >= 11 is 0. The minimum Gasteiger partial charge on any atom is -0.480 e. The molecule has 6 heteroatoms. The Morgan fingerprint density at radius 2 is 1.74 bits per heavy atom. The number of hydrogen-bond donors (Lipinski definition) is 1. The Labute approximate surface area is 230 Å². The largest absolute Gasteiger partial charge is 0.480 e. The molecule has 0 aliphatic heterocycles. The molecule has 4 rings (SSSR count). The van der Waals surface area contributed by atoms with Crippen molar-refractivity contribution in [1.29, 1.82) is 0 Å². The van der Waals surface area contributed by atoms with Gasteiger partial charge in [-0.2, -0.15) is 0 Å². The molecule has 39 heavy (non-hydrogen) atoms. The number of aromatic nitrogens is 1. The topological polar surface area (TPSA) is 75.8 Å². The van der Waals surface area contributed by atoms with Gasteiger partial charge in [-0.15, -0.1) is 0 Å². The van der Waals surface area contributed by atoms with Crippen LogP contribution in [0.3, 0.4) is 0 Å². The molecule has 0 spiro atoms. The molecular formula is C33H36N2O4. The van der Waals surface area contributed by atoms with Gasteiger partial charge in [0, 0.05) is 12.1 Å². The molecule has 0 atom stereocenters. The van der Waals surface area contributed by atoms with Gasteiger partial charge in [0.25, 0.3) is 0 Å². The number of allylic oxidation sites excluding steroid dienone is 6. The van der Waals surface area contributed by atoms with E-state index in [-0.39, 0.29) is 6.54 Å². The monoisotopic (exact) mass is 524 g/mol. The quantitative estimate of drug-likeness (QED) is 0.241. The highest BCUT2D eigenvalue weighted by atomic mass is 16.5. The van der Waals surface area contributed by atoms with Gasteiger partial charge >= 0.3 is 5.97 Å². The summed E-state index contributed by atoms with van der Waals surface area (Å²) in [5.74, 6) is 1.59. The molecule has 2 aromatic carbocycles. The van der Waals surface area contributed by atoms with Gasteiger partial charge in [0.1, 0.15) is 18.1 Å². The van der Waals surface area contributed by atoms with E-state index >= 15 is 0 Å². The van der Waals surface area contributed by atoms with Crippen molar-refractivity contribution in [2.24, 2.45) is 0 Å². The summed E-state index contributed by atoms with van der Waals surface area (Å²) < 4.78 is 11.8. The molecule has 0 fully saturated rings. The number of hydrogen-bond acceptors (Lipinski definition) is 5. The van der Waals surface area contributed by atoms with Crippen molar-refractivity contribution in [3.8, 4) is 5.75 Å². The lowest BCUT2D eigenvalue weighted by Gasteiger charge is -2.25. The number of carbonyl (C=O) groups is 1. The van der Waals surface area contributed by atoms with Gasteiger partial charge in [0.05, 0.1) is 5.69 Å². The molecule has 1 aliphatic carbocycles. The molecule has 6 nitrogen and oxygen atoms in total. The van der Waals surface area contributed by atoms with E-state index in [9.17, 15) is 9.90 Å². The Hall–Kier alpha value is -4.32. The van der Waals surface area contributed by atoms with E-state index in [4.69, 9.17) is 14.1 Å². The molecule has 0 unspecified atom stereocenters. The molecule has 1 aromatic heterocycles. The lowest BCUT2D eigenvalue weighted by atomic mass is 10.0. The fourth-order valence-corrected chi connectivity index (χ4v) is 4.41. The van der Waals surface area contributed by atoms with Crippen LogP contribution in [0.1, 0.15) is 53.8 Å². The van der Waals surface area contributed by atoms with E-state index in [0.29, 0.717) is 24.1 Å². The molecule has 3 aromatic rings. The summed E-state index contributed by atoms with van der Waals surface area (Å²) in [6, 6.07) is 16.0. The van der Waals surface area contributed by atoms with E-state index in [1.807, 2.05) is 61.5 Å². The molecule has 1 aliphatic rings. The minimum absolute atomic E-state index is 0.198. The Morgan fingerprint density at radius 3 is 2.46 bits per heavy atom. The first-order valence-electron chi connectivity index (χ1n) is 13.4. The van der Waals surface area contributed by atoms with Crippen LogP contribution in [-0.4, -0.2) is 27.5 Å². The smallest absolute Gasteiger partial charge is 0.323 e. The van der Waals surface area contributed by atoms with Crippen molar-refractivity contribution < 1.29 is 19.1 Å². The number of carboxylic acids is 1. The zero-order valence-corrected chi connectivity index (χ0v) is 22.7. The van der Waals surface area contributed by atoms with Gasteiger partial charge in [-0.3, -0.25) is 4.79 Å². The number of benzene rings is 2. The molecular weight excluding hydrogens is 488 g/mol. The molecule has 0 bridgehead atoms.